The van der Waals surface area contributed by atoms with Crippen LogP contribution in [0, 0.1) is 0 Å². The van der Waals surface area contributed by atoms with Gasteiger partial charge in [0, 0.05) is 16.1 Å². The van der Waals surface area contributed by atoms with Crippen molar-refractivity contribution in [1.82, 2.24) is 15.0 Å². The quantitative estimate of drug-likeness (QED) is 0.411. The first kappa shape index (κ1) is 16.0. The lowest BCUT2D eigenvalue weighted by Crippen LogP contribution is -2.26. The standard InChI is InChI=1S/C20H12N4O4/c25-17-13(9-5-1-3-7-11(9)21-17)15-19(27)24-16(20(28)23-15)14-10-6-2-4-8-12(10)22-18(14)26/h1-8,21,25H,(H,23,28)(H,24,27). The molecule has 8 heteroatoms. The summed E-state index contributed by atoms with van der Waals surface area (Å²) in [5.41, 5.74) is -0.0571. The summed E-state index contributed by atoms with van der Waals surface area (Å²) in [5.74, 6) is -1.33. The Balaban J connectivity index is 1.78. The smallest absolute Gasteiger partial charge is 0.280 e. The van der Waals surface area contributed by atoms with Crippen molar-refractivity contribution >= 4 is 22.4 Å². The van der Waals surface area contributed by atoms with Crippen LogP contribution in [0.15, 0.2) is 58.3 Å². The fourth-order valence-corrected chi connectivity index (χ4v) is 3.46. The van der Waals surface area contributed by atoms with E-state index in [4.69, 9.17) is 0 Å². The van der Waals surface area contributed by atoms with Gasteiger partial charge in [0.15, 0.2) is 5.88 Å². The summed E-state index contributed by atoms with van der Waals surface area (Å²) in [4.78, 5) is 38.3. The van der Waals surface area contributed by atoms with Gasteiger partial charge < -0.3 is 20.2 Å². The van der Waals surface area contributed by atoms with Crippen LogP contribution in [0.25, 0.3) is 27.7 Å². The van der Waals surface area contributed by atoms with Gasteiger partial charge in [0.05, 0.1) is 16.5 Å². The summed E-state index contributed by atoms with van der Waals surface area (Å²) in [5, 5.41) is 22.3. The molecule has 3 heterocycles. The van der Waals surface area contributed by atoms with Gasteiger partial charge in [-0.1, -0.05) is 36.4 Å². The highest BCUT2D eigenvalue weighted by molar-refractivity contribution is 6.20. The third-order valence-corrected chi connectivity index (χ3v) is 4.68. The lowest BCUT2D eigenvalue weighted by molar-refractivity contribution is -0.112. The predicted molar refractivity (Wildman–Crippen MR) is 100 cm³/mol. The van der Waals surface area contributed by atoms with E-state index in [-0.39, 0.29) is 28.4 Å². The molecule has 0 atom stereocenters. The molecule has 0 radical (unpaired) electrons. The minimum Gasteiger partial charge on any atom is -0.494 e. The van der Waals surface area contributed by atoms with Crippen LogP contribution in [0.4, 0.5) is 0 Å². The number of aromatic amines is 2. The van der Waals surface area contributed by atoms with Crippen LogP contribution < -0.4 is 16.1 Å². The first-order chi connectivity index (χ1) is 13.5. The van der Waals surface area contributed by atoms with E-state index >= 15 is 0 Å². The molecule has 1 aliphatic rings. The first-order valence-electron chi connectivity index (χ1n) is 8.40. The van der Waals surface area contributed by atoms with Crippen LogP contribution in [-0.2, 0) is 4.79 Å². The molecule has 2 aromatic heterocycles. The predicted octanol–water partition coefficient (Wildman–Crippen LogP) is 0.688. The number of aromatic nitrogens is 3. The van der Waals surface area contributed by atoms with E-state index < -0.39 is 17.3 Å². The number of nitrogens with one attached hydrogen (secondary N) is 2. The van der Waals surface area contributed by atoms with Gasteiger partial charge in [-0.2, -0.15) is 0 Å². The molecule has 1 aliphatic heterocycles. The lowest BCUT2D eigenvalue weighted by Gasteiger charge is -2.06. The number of amides is 1. The van der Waals surface area contributed by atoms with Gasteiger partial charge in [0.25, 0.3) is 11.5 Å². The van der Waals surface area contributed by atoms with Crippen LogP contribution in [0.1, 0.15) is 5.69 Å². The Morgan fingerprint density at radius 3 is 2.50 bits per heavy atom. The lowest BCUT2D eigenvalue weighted by atomic mass is 10.1. The van der Waals surface area contributed by atoms with Gasteiger partial charge in [-0.25, -0.2) is 9.98 Å². The minimum absolute atomic E-state index is 0.0295. The van der Waals surface area contributed by atoms with Crippen molar-refractivity contribution in [3.05, 3.63) is 75.2 Å². The molecule has 2 aromatic carbocycles. The van der Waals surface area contributed by atoms with E-state index in [9.17, 15) is 19.8 Å². The molecule has 0 unspecified atom stereocenters. The maximum Gasteiger partial charge on any atom is 0.280 e. The number of rotatable bonds is 2. The van der Waals surface area contributed by atoms with Gasteiger partial charge in [0.1, 0.15) is 11.4 Å². The van der Waals surface area contributed by atoms with Gasteiger partial charge in [-0.05, 0) is 12.1 Å². The van der Waals surface area contributed by atoms with Gasteiger partial charge in [-0.3, -0.25) is 9.59 Å². The molecule has 0 saturated carbocycles. The Morgan fingerprint density at radius 1 is 0.893 bits per heavy atom. The van der Waals surface area contributed by atoms with Crippen molar-refractivity contribution in [2.45, 2.75) is 0 Å². The zero-order chi connectivity index (χ0) is 19.4. The summed E-state index contributed by atoms with van der Waals surface area (Å²) in [7, 11) is 0. The monoisotopic (exact) mass is 372 g/mol. The SMILES string of the molecule is O=C1N=c2ccccc2=C1c1nc(O)c(-c2c(O)[nH]c3ccccc23)[nH]c1=O. The highest BCUT2D eigenvalue weighted by Gasteiger charge is 2.25. The topological polar surface area (TPSA) is 131 Å². The van der Waals surface area contributed by atoms with E-state index in [1.54, 1.807) is 48.5 Å². The van der Waals surface area contributed by atoms with E-state index in [2.05, 4.69) is 19.9 Å². The van der Waals surface area contributed by atoms with E-state index in [0.29, 0.717) is 21.5 Å². The average molecular weight is 372 g/mol. The Hall–Kier alpha value is -4.20. The molecular weight excluding hydrogens is 360 g/mol. The summed E-state index contributed by atoms with van der Waals surface area (Å²) in [6, 6.07) is 13.8. The van der Waals surface area contributed by atoms with Crippen LogP contribution in [0.5, 0.6) is 11.8 Å². The zero-order valence-electron chi connectivity index (χ0n) is 14.2. The largest absolute Gasteiger partial charge is 0.494 e. The van der Waals surface area contributed by atoms with E-state index in [0.717, 1.165) is 0 Å². The molecule has 4 aromatic rings. The molecule has 0 aliphatic carbocycles. The fourth-order valence-electron chi connectivity index (χ4n) is 3.46. The van der Waals surface area contributed by atoms with Crippen LogP contribution in [0.2, 0.25) is 0 Å². The van der Waals surface area contributed by atoms with Crippen molar-refractivity contribution in [3.63, 3.8) is 0 Å². The highest BCUT2D eigenvalue weighted by Crippen LogP contribution is 2.38. The number of carbonyl (C=O) groups excluding carboxylic acids is 1. The normalized spacial score (nSPS) is 13.0. The Kier molecular flexibility index (Phi) is 3.23. The number of fused-ring (bicyclic) bond motifs is 2. The van der Waals surface area contributed by atoms with Gasteiger partial charge >= 0.3 is 0 Å². The molecular formula is C20H12N4O4. The molecule has 4 N–H and O–H groups in total. The number of H-pyrrole nitrogens is 2. The molecule has 0 fully saturated rings. The number of nitrogens with zero attached hydrogens (tertiary/aromatic N) is 2. The Morgan fingerprint density at radius 2 is 1.64 bits per heavy atom. The summed E-state index contributed by atoms with van der Waals surface area (Å²) >= 11 is 0. The Labute approximate surface area is 156 Å². The summed E-state index contributed by atoms with van der Waals surface area (Å²) in [6.07, 6.45) is 0. The maximum absolute atomic E-state index is 12.7. The highest BCUT2D eigenvalue weighted by atomic mass is 16.3. The van der Waals surface area contributed by atoms with E-state index in [1.165, 1.54) is 0 Å². The number of para-hydroxylation sites is 2. The molecule has 0 saturated heterocycles. The first-order valence-corrected chi connectivity index (χ1v) is 8.40. The molecule has 28 heavy (non-hydrogen) atoms. The maximum atomic E-state index is 12.7. The number of benzene rings is 2. The van der Waals surface area contributed by atoms with Crippen molar-refractivity contribution in [3.8, 4) is 23.0 Å². The van der Waals surface area contributed by atoms with Gasteiger partial charge in [-0.15, -0.1) is 0 Å². The minimum atomic E-state index is -0.673. The van der Waals surface area contributed by atoms with Gasteiger partial charge in [0.2, 0.25) is 5.88 Å². The summed E-state index contributed by atoms with van der Waals surface area (Å²) in [6.45, 7) is 0. The molecule has 136 valence electrons. The zero-order valence-corrected chi connectivity index (χ0v) is 14.2. The number of hydrogen-bond donors (Lipinski definition) is 4. The molecule has 0 spiro atoms. The van der Waals surface area contributed by atoms with Crippen molar-refractivity contribution in [1.29, 1.82) is 0 Å². The second kappa shape index (κ2) is 5.65. The summed E-state index contributed by atoms with van der Waals surface area (Å²) < 4.78 is 0. The van der Waals surface area contributed by atoms with Crippen LogP contribution in [-0.4, -0.2) is 31.1 Å². The number of carbonyl (C=O) groups is 1. The number of hydrogen-bond acceptors (Lipinski definition) is 5. The third-order valence-electron chi connectivity index (χ3n) is 4.68. The molecule has 5 rings (SSSR count). The Bertz CT molecular complexity index is 1480. The van der Waals surface area contributed by atoms with Crippen molar-refractivity contribution in [2.75, 3.05) is 0 Å². The van der Waals surface area contributed by atoms with Crippen molar-refractivity contribution in [2.24, 2.45) is 4.99 Å². The second-order valence-corrected chi connectivity index (χ2v) is 6.32. The second-order valence-electron chi connectivity index (χ2n) is 6.32. The average Bonchev–Trinajstić information content (AvgIpc) is 3.18. The van der Waals surface area contributed by atoms with Crippen LogP contribution in [0.3, 0.4) is 0 Å². The van der Waals surface area contributed by atoms with Crippen LogP contribution >= 0.6 is 0 Å². The number of aromatic hydroxyl groups is 2. The third kappa shape index (κ3) is 2.18. The molecule has 8 nitrogen and oxygen atoms in total. The van der Waals surface area contributed by atoms with E-state index in [1.807, 2.05) is 0 Å². The van der Waals surface area contributed by atoms with Crippen molar-refractivity contribution < 1.29 is 15.0 Å². The molecule has 1 amide bonds. The molecule has 0 bridgehead atoms. The fraction of sp³-hybridized carbons (Fsp3) is 0.